The van der Waals surface area contributed by atoms with Gasteiger partial charge in [0.2, 0.25) is 0 Å². The lowest BCUT2D eigenvalue weighted by Gasteiger charge is -1.99. The van der Waals surface area contributed by atoms with Crippen molar-refractivity contribution in [2.24, 2.45) is 0 Å². The van der Waals surface area contributed by atoms with Gasteiger partial charge in [-0.3, -0.25) is 0 Å². The summed E-state index contributed by atoms with van der Waals surface area (Å²) in [6.07, 6.45) is 1.17. The van der Waals surface area contributed by atoms with E-state index in [-0.39, 0.29) is 10.6 Å². The molecule has 1 aromatic heterocycles. The number of carbonyl (C=O) groups excluding carboxylic acids is 1. The van der Waals surface area contributed by atoms with E-state index in [0.29, 0.717) is 0 Å². The first-order chi connectivity index (χ1) is 6.45. The molecule has 0 aromatic carbocycles. The second-order valence-corrected chi connectivity index (χ2v) is 4.82. The predicted molar refractivity (Wildman–Crippen MR) is 48.6 cm³/mol. The van der Waals surface area contributed by atoms with Crippen molar-refractivity contribution in [3.63, 3.8) is 0 Å². The molecule has 0 spiro atoms. The summed E-state index contributed by atoms with van der Waals surface area (Å²) in [6.45, 7) is 0. The first-order valence-electron chi connectivity index (χ1n) is 3.44. The first kappa shape index (κ1) is 10.9. The number of hydrogen-bond donors (Lipinski definition) is 0. The van der Waals surface area contributed by atoms with E-state index in [0.717, 1.165) is 6.07 Å². The van der Waals surface area contributed by atoms with E-state index < -0.39 is 15.0 Å². The number of carbonyl (C=O) groups is 1. The SMILES string of the molecule is COC(=O)c1ccnc(S(=O)(=O)Cl)c1. The molecule has 76 valence electrons. The van der Waals surface area contributed by atoms with E-state index in [9.17, 15) is 13.2 Å². The Labute approximate surface area is 85.1 Å². The van der Waals surface area contributed by atoms with Crippen LogP contribution in [0, 0.1) is 0 Å². The van der Waals surface area contributed by atoms with Gasteiger partial charge in [0.1, 0.15) is 0 Å². The maximum Gasteiger partial charge on any atom is 0.338 e. The van der Waals surface area contributed by atoms with E-state index in [1.54, 1.807) is 0 Å². The minimum atomic E-state index is -3.91. The third-order valence-electron chi connectivity index (χ3n) is 1.41. The summed E-state index contributed by atoms with van der Waals surface area (Å²) >= 11 is 0. The van der Waals surface area contributed by atoms with Gasteiger partial charge in [-0.05, 0) is 12.1 Å². The Morgan fingerprint density at radius 3 is 2.71 bits per heavy atom. The lowest BCUT2D eigenvalue weighted by atomic mass is 10.3. The standard InChI is InChI=1S/C7H6ClNO4S/c1-13-7(10)5-2-3-9-6(4-5)14(8,11)12/h2-4H,1H3. The predicted octanol–water partition coefficient (Wildman–Crippen LogP) is 0.796. The zero-order chi connectivity index (χ0) is 10.8. The fraction of sp³-hybridized carbons (Fsp3) is 0.143. The molecule has 0 saturated heterocycles. The second-order valence-electron chi connectivity index (χ2n) is 2.31. The fourth-order valence-electron chi connectivity index (χ4n) is 0.788. The molecule has 1 heterocycles. The summed E-state index contributed by atoms with van der Waals surface area (Å²) in [5.41, 5.74) is 0.0849. The summed E-state index contributed by atoms with van der Waals surface area (Å²) in [6, 6.07) is 2.38. The Morgan fingerprint density at radius 1 is 1.57 bits per heavy atom. The Balaban J connectivity index is 3.21. The molecule has 0 unspecified atom stereocenters. The third kappa shape index (κ3) is 2.43. The molecule has 0 aliphatic rings. The highest BCUT2D eigenvalue weighted by atomic mass is 35.7. The topological polar surface area (TPSA) is 73.3 Å². The molecule has 0 N–H and O–H groups in total. The van der Waals surface area contributed by atoms with Crippen LogP contribution in [0.1, 0.15) is 10.4 Å². The number of methoxy groups -OCH3 is 1. The van der Waals surface area contributed by atoms with Gasteiger partial charge in [0.15, 0.2) is 5.03 Å². The maximum absolute atomic E-state index is 11.0. The van der Waals surface area contributed by atoms with E-state index in [4.69, 9.17) is 10.7 Å². The lowest BCUT2D eigenvalue weighted by molar-refractivity contribution is 0.0600. The van der Waals surface area contributed by atoms with E-state index in [2.05, 4.69) is 9.72 Å². The molecular formula is C7H6ClNO4S. The van der Waals surface area contributed by atoms with Crippen LogP contribution in [-0.2, 0) is 13.8 Å². The van der Waals surface area contributed by atoms with E-state index >= 15 is 0 Å². The van der Waals surface area contributed by atoms with Crippen molar-refractivity contribution in [3.8, 4) is 0 Å². The van der Waals surface area contributed by atoms with Crippen molar-refractivity contribution in [2.75, 3.05) is 7.11 Å². The van der Waals surface area contributed by atoms with Crippen molar-refractivity contribution < 1.29 is 17.9 Å². The molecule has 0 aliphatic carbocycles. The van der Waals surface area contributed by atoms with Crippen molar-refractivity contribution >= 4 is 25.7 Å². The molecule has 0 bridgehead atoms. The monoisotopic (exact) mass is 235 g/mol. The molecular weight excluding hydrogens is 230 g/mol. The molecule has 0 radical (unpaired) electrons. The summed E-state index contributed by atoms with van der Waals surface area (Å²) < 4.78 is 26.1. The van der Waals surface area contributed by atoms with Gasteiger partial charge < -0.3 is 4.74 Å². The Bertz CT molecular complexity index is 457. The van der Waals surface area contributed by atoms with Gasteiger partial charge in [-0.2, -0.15) is 0 Å². The summed E-state index contributed by atoms with van der Waals surface area (Å²) in [5, 5.41) is -0.373. The molecule has 14 heavy (non-hydrogen) atoms. The van der Waals surface area contributed by atoms with Crippen LogP contribution in [0.3, 0.4) is 0 Å². The second kappa shape index (κ2) is 3.93. The molecule has 1 aromatic rings. The van der Waals surface area contributed by atoms with Gasteiger partial charge in [0.05, 0.1) is 12.7 Å². The average molecular weight is 236 g/mol. The zero-order valence-corrected chi connectivity index (χ0v) is 8.67. The van der Waals surface area contributed by atoms with Gasteiger partial charge in [-0.15, -0.1) is 0 Å². The van der Waals surface area contributed by atoms with Crippen LogP contribution in [-0.4, -0.2) is 26.5 Å². The van der Waals surface area contributed by atoms with Crippen LogP contribution in [0.4, 0.5) is 0 Å². The van der Waals surface area contributed by atoms with Crippen molar-refractivity contribution in [1.29, 1.82) is 0 Å². The van der Waals surface area contributed by atoms with E-state index in [1.165, 1.54) is 19.4 Å². The van der Waals surface area contributed by atoms with Crippen LogP contribution >= 0.6 is 10.7 Å². The Morgan fingerprint density at radius 2 is 2.21 bits per heavy atom. The molecule has 5 nitrogen and oxygen atoms in total. The van der Waals surface area contributed by atoms with Crippen molar-refractivity contribution in [1.82, 2.24) is 4.98 Å². The number of hydrogen-bond acceptors (Lipinski definition) is 5. The molecule has 0 aliphatic heterocycles. The molecule has 1 rings (SSSR count). The largest absolute Gasteiger partial charge is 0.465 e. The minimum absolute atomic E-state index is 0.0849. The highest BCUT2D eigenvalue weighted by Gasteiger charge is 2.14. The van der Waals surface area contributed by atoms with Crippen LogP contribution in [0.15, 0.2) is 23.4 Å². The molecule has 0 amide bonds. The minimum Gasteiger partial charge on any atom is -0.465 e. The van der Waals surface area contributed by atoms with E-state index in [1.807, 2.05) is 0 Å². The van der Waals surface area contributed by atoms with Crippen LogP contribution in [0.25, 0.3) is 0 Å². The van der Waals surface area contributed by atoms with Gasteiger partial charge in [0, 0.05) is 16.9 Å². The number of ether oxygens (including phenoxy) is 1. The molecule has 0 atom stereocenters. The molecule has 0 saturated carbocycles. The molecule has 7 heteroatoms. The highest BCUT2D eigenvalue weighted by Crippen LogP contribution is 2.13. The average Bonchev–Trinajstić information content (AvgIpc) is 2.15. The van der Waals surface area contributed by atoms with Crippen LogP contribution in [0.2, 0.25) is 0 Å². The Hall–Kier alpha value is -1.14. The lowest BCUT2D eigenvalue weighted by Crippen LogP contribution is -2.04. The summed E-state index contributed by atoms with van der Waals surface area (Å²) in [7, 11) is 2.31. The molecule has 0 fully saturated rings. The fourth-order valence-corrected chi connectivity index (χ4v) is 1.50. The number of rotatable bonds is 2. The third-order valence-corrected chi connectivity index (χ3v) is 2.60. The van der Waals surface area contributed by atoms with Crippen LogP contribution < -0.4 is 0 Å². The maximum atomic E-state index is 11.0. The van der Waals surface area contributed by atoms with Crippen molar-refractivity contribution in [2.45, 2.75) is 5.03 Å². The normalized spacial score (nSPS) is 11.0. The highest BCUT2D eigenvalue weighted by molar-refractivity contribution is 8.13. The van der Waals surface area contributed by atoms with Crippen LogP contribution in [0.5, 0.6) is 0 Å². The number of halogens is 1. The van der Waals surface area contributed by atoms with Gasteiger partial charge in [0.25, 0.3) is 9.05 Å². The summed E-state index contributed by atoms with van der Waals surface area (Å²) in [4.78, 5) is 14.5. The number of aromatic nitrogens is 1. The number of pyridine rings is 1. The van der Waals surface area contributed by atoms with Crippen molar-refractivity contribution in [3.05, 3.63) is 23.9 Å². The van der Waals surface area contributed by atoms with Gasteiger partial charge >= 0.3 is 5.97 Å². The summed E-state index contributed by atoms with van der Waals surface area (Å²) in [5.74, 6) is -0.644. The first-order valence-corrected chi connectivity index (χ1v) is 5.75. The number of esters is 1. The zero-order valence-electron chi connectivity index (χ0n) is 7.10. The van der Waals surface area contributed by atoms with Gasteiger partial charge in [-0.25, -0.2) is 18.2 Å². The Kier molecular flexibility index (Phi) is 3.07. The smallest absolute Gasteiger partial charge is 0.338 e. The number of nitrogens with zero attached hydrogens (tertiary/aromatic N) is 1. The quantitative estimate of drug-likeness (QED) is 0.560. The van der Waals surface area contributed by atoms with Gasteiger partial charge in [-0.1, -0.05) is 0 Å².